The molecule has 0 bridgehead atoms. The maximum Gasteiger partial charge on any atom is 0.163 e. The van der Waals surface area contributed by atoms with Gasteiger partial charge in [0.2, 0.25) is 0 Å². The second-order valence-electron chi connectivity index (χ2n) is 6.95. The van der Waals surface area contributed by atoms with Crippen molar-refractivity contribution < 1.29 is 0 Å². The lowest BCUT2D eigenvalue weighted by Gasteiger charge is -2.35. The first kappa shape index (κ1) is 17.3. The lowest BCUT2D eigenvalue weighted by Crippen LogP contribution is -2.37. The lowest BCUT2D eigenvalue weighted by atomic mass is 9.94. The molecule has 0 saturated heterocycles. The third kappa shape index (κ3) is 3.28. The second-order valence-corrected chi connectivity index (χ2v) is 7.35. The highest BCUT2D eigenvalue weighted by Gasteiger charge is 2.24. The van der Waals surface area contributed by atoms with Crippen LogP contribution in [0.25, 0.3) is 22.3 Å². The number of aromatic nitrogens is 2. The Morgan fingerprint density at radius 1 is 0.962 bits per heavy atom. The number of anilines is 1. The van der Waals surface area contributed by atoms with Gasteiger partial charge in [0.05, 0.1) is 10.5 Å². The maximum absolute atomic E-state index is 6.43. The van der Waals surface area contributed by atoms with Gasteiger partial charge >= 0.3 is 0 Å². The monoisotopic (exact) mass is 365 g/mol. The Labute approximate surface area is 160 Å². The van der Waals surface area contributed by atoms with Crippen LogP contribution in [0.1, 0.15) is 39.0 Å². The summed E-state index contributed by atoms with van der Waals surface area (Å²) in [7, 11) is 0. The molecule has 0 atom stereocenters. The minimum atomic E-state index is 0.561. The Balaban J connectivity index is 1.88. The first-order chi connectivity index (χ1) is 12.8. The third-order valence-corrected chi connectivity index (χ3v) is 5.66. The van der Waals surface area contributed by atoms with Crippen molar-refractivity contribution in [3.8, 4) is 11.4 Å². The molecular formula is C22H24ClN3. The highest BCUT2D eigenvalue weighted by Crippen LogP contribution is 2.33. The molecule has 1 aliphatic carbocycles. The molecule has 0 N–H and O–H groups in total. The van der Waals surface area contributed by atoms with Crippen LogP contribution >= 0.6 is 11.6 Å². The quantitative estimate of drug-likeness (QED) is 0.558. The van der Waals surface area contributed by atoms with Crippen molar-refractivity contribution in [2.24, 2.45) is 0 Å². The maximum atomic E-state index is 6.43. The molecule has 2 aromatic carbocycles. The molecule has 0 amide bonds. The van der Waals surface area contributed by atoms with Crippen molar-refractivity contribution in [1.82, 2.24) is 9.97 Å². The van der Waals surface area contributed by atoms with E-state index in [1.165, 1.54) is 32.1 Å². The molecular weight excluding hydrogens is 342 g/mol. The Morgan fingerprint density at radius 2 is 1.69 bits per heavy atom. The van der Waals surface area contributed by atoms with E-state index in [1.54, 1.807) is 0 Å². The summed E-state index contributed by atoms with van der Waals surface area (Å²) in [5.41, 5.74) is 1.86. The van der Waals surface area contributed by atoms with E-state index in [9.17, 15) is 0 Å². The van der Waals surface area contributed by atoms with E-state index < -0.39 is 0 Å². The van der Waals surface area contributed by atoms with Crippen LogP contribution in [0.2, 0.25) is 5.02 Å². The molecule has 0 spiro atoms. The second kappa shape index (κ2) is 7.63. The smallest absolute Gasteiger partial charge is 0.163 e. The molecule has 3 aromatic rings. The third-order valence-electron chi connectivity index (χ3n) is 5.33. The summed E-state index contributed by atoms with van der Waals surface area (Å²) in [5, 5.41) is 1.81. The first-order valence-electron chi connectivity index (χ1n) is 9.56. The zero-order valence-electron chi connectivity index (χ0n) is 15.2. The highest BCUT2D eigenvalue weighted by molar-refractivity contribution is 6.33. The molecule has 1 aliphatic rings. The van der Waals surface area contributed by atoms with Crippen LogP contribution in [0.4, 0.5) is 5.82 Å². The Hall–Kier alpha value is -2.13. The zero-order valence-corrected chi connectivity index (χ0v) is 15.9. The minimum absolute atomic E-state index is 0.561. The van der Waals surface area contributed by atoms with Gasteiger partial charge < -0.3 is 4.90 Å². The molecule has 4 heteroatoms. The van der Waals surface area contributed by atoms with E-state index in [0.29, 0.717) is 16.9 Å². The normalized spacial score (nSPS) is 15.3. The molecule has 26 heavy (non-hydrogen) atoms. The van der Waals surface area contributed by atoms with Crippen molar-refractivity contribution in [3.05, 3.63) is 53.6 Å². The largest absolute Gasteiger partial charge is 0.353 e. The number of halogens is 1. The van der Waals surface area contributed by atoms with Crippen molar-refractivity contribution >= 4 is 28.3 Å². The number of para-hydroxylation sites is 1. The van der Waals surface area contributed by atoms with E-state index in [2.05, 4.69) is 30.0 Å². The molecule has 1 aromatic heterocycles. The number of fused-ring (bicyclic) bond motifs is 1. The SMILES string of the molecule is CCN(c1nc(-c2ccccc2Cl)nc2ccccc12)C1CCCCC1. The molecule has 0 unspecified atom stereocenters. The van der Waals surface area contributed by atoms with Crippen LogP contribution in [-0.4, -0.2) is 22.6 Å². The number of nitrogens with zero attached hydrogens (tertiary/aromatic N) is 3. The van der Waals surface area contributed by atoms with Crippen molar-refractivity contribution in [2.45, 2.75) is 45.1 Å². The highest BCUT2D eigenvalue weighted by atomic mass is 35.5. The van der Waals surface area contributed by atoms with Crippen LogP contribution in [0.3, 0.4) is 0 Å². The molecule has 134 valence electrons. The van der Waals surface area contributed by atoms with E-state index in [4.69, 9.17) is 21.6 Å². The summed E-state index contributed by atoms with van der Waals surface area (Å²) in [6.45, 7) is 3.17. The van der Waals surface area contributed by atoms with E-state index in [0.717, 1.165) is 28.8 Å². The van der Waals surface area contributed by atoms with Gasteiger partial charge in [0.25, 0.3) is 0 Å². The summed E-state index contributed by atoms with van der Waals surface area (Å²) in [5.74, 6) is 1.75. The van der Waals surface area contributed by atoms with Gasteiger partial charge in [-0.05, 0) is 44.0 Å². The summed E-state index contributed by atoms with van der Waals surface area (Å²) < 4.78 is 0. The van der Waals surface area contributed by atoms with Crippen LogP contribution < -0.4 is 4.90 Å². The predicted octanol–water partition coefficient (Wildman–Crippen LogP) is 6.11. The molecule has 1 saturated carbocycles. The topological polar surface area (TPSA) is 29.0 Å². The van der Waals surface area contributed by atoms with Crippen molar-refractivity contribution in [2.75, 3.05) is 11.4 Å². The minimum Gasteiger partial charge on any atom is -0.353 e. The summed E-state index contributed by atoms with van der Waals surface area (Å²) in [6.07, 6.45) is 6.45. The average molecular weight is 366 g/mol. The van der Waals surface area contributed by atoms with Gasteiger partial charge in [-0.25, -0.2) is 9.97 Å². The fourth-order valence-electron chi connectivity index (χ4n) is 4.02. The Kier molecular flexibility index (Phi) is 5.07. The number of hydrogen-bond donors (Lipinski definition) is 0. The Morgan fingerprint density at radius 3 is 2.46 bits per heavy atom. The van der Waals surface area contributed by atoms with Gasteiger partial charge in [-0.15, -0.1) is 0 Å². The lowest BCUT2D eigenvalue weighted by molar-refractivity contribution is 0.417. The fraction of sp³-hybridized carbons (Fsp3) is 0.364. The molecule has 0 aliphatic heterocycles. The van der Waals surface area contributed by atoms with Crippen molar-refractivity contribution in [1.29, 1.82) is 0 Å². The van der Waals surface area contributed by atoms with Crippen LogP contribution in [0, 0.1) is 0 Å². The summed E-state index contributed by atoms with van der Waals surface area (Å²) >= 11 is 6.43. The molecule has 1 fully saturated rings. The van der Waals surface area contributed by atoms with Crippen LogP contribution in [0.5, 0.6) is 0 Å². The predicted molar refractivity (Wildman–Crippen MR) is 110 cm³/mol. The molecule has 3 nitrogen and oxygen atoms in total. The number of benzene rings is 2. The number of rotatable bonds is 4. The van der Waals surface area contributed by atoms with Gasteiger partial charge in [-0.2, -0.15) is 0 Å². The summed E-state index contributed by atoms with van der Waals surface area (Å²) in [6, 6.07) is 16.7. The van der Waals surface area contributed by atoms with E-state index in [1.807, 2.05) is 30.3 Å². The van der Waals surface area contributed by atoms with E-state index in [-0.39, 0.29) is 0 Å². The van der Waals surface area contributed by atoms with Crippen LogP contribution in [-0.2, 0) is 0 Å². The van der Waals surface area contributed by atoms with Gasteiger partial charge in [0.15, 0.2) is 5.82 Å². The molecule has 4 rings (SSSR count). The molecule has 0 radical (unpaired) electrons. The average Bonchev–Trinajstić information content (AvgIpc) is 2.69. The van der Waals surface area contributed by atoms with E-state index >= 15 is 0 Å². The van der Waals surface area contributed by atoms with Crippen LogP contribution in [0.15, 0.2) is 48.5 Å². The van der Waals surface area contributed by atoms with Crippen molar-refractivity contribution in [3.63, 3.8) is 0 Å². The van der Waals surface area contributed by atoms with Gasteiger partial charge in [0.1, 0.15) is 5.82 Å². The Bertz CT molecular complexity index is 903. The fourth-order valence-corrected chi connectivity index (χ4v) is 4.24. The van der Waals surface area contributed by atoms with Gasteiger partial charge in [-0.1, -0.05) is 55.1 Å². The zero-order chi connectivity index (χ0) is 17.9. The molecule has 1 heterocycles. The number of hydrogen-bond acceptors (Lipinski definition) is 3. The first-order valence-corrected chi connectivity index (χ1v) is 9.94. The van der Waals surface area contributed by atoms with Gasteiger partial charge in [-0.3, -0.25) is 0 Å². The van der Waals surface area contributed by atoms with Gasteiger partial charge in [0, 0.05) is 23.5 Å². The standard InChI is InChI=1S/C22H24ClN3/c1-2-26(16-10-4-3-5-11-16)22-18-13-7-9-15-20(18)24-21(25-22)17-12-6-8-14-19(17)23/h6-9,12-16H,2-5,10-11H2,1H3. The summed E-state index contributed by atoms with van der Waals surface area (Å²) in [4.78, 5) is 12.3.